The van der Waals surface area contributed by atoms with Gasteiger partial charge in [-0.2, -0.15) is 10.4 Å². The summed E-state index contributed by atoms with van der Waals surface area (Å²) in [5.74, 6) is -0.0174. The molecule has 2 rings (SSSR count). The average molecular weight is 382 g/mol. The molecular formula is C19H22N6O3. The highest BCUT2D eigenvalue weighted by Crippen LogP contribution is 2.37. The molecule has 0 aromatic carbocycles. The van der Waals surface area contributed by atoms with Gasteiger partial charge in [-0.1, -0.05) is 6.58 Å². The highest BCUT2D eigenvalue weighted by atomic mass is 16.2. The van der Waals surface area contributed by atoms with Crippen molar-refractivity contribution in [2.24, 2.45) is 13.0 Å². The van der Waals surface area contributed by atoms with Crippen molar-refractivity contribution < 1.29 is 14.4 Å². The Hall–Kier alpha value is -3.59. The van der Waals surface area contributed by atoms with Crippen LogP contribution < -0.4 is 10.6 Å². The molecule has 3 unspecified atom stereocenters. The second kappa shape index (κ2) is 8.87. The van der Waals surface area contributed by atoms with Crippen LogP contribution in [-0.4, -0.2) is 52.0 Å². The van der Waals surface area contributed by atoms with Crippen LogP contribution in [0, 0.1) is 29.6 Å². The number of carbonyl (C=O) groups is 3. The third-order valence-electron chi connectivity index (χ3n) is 4.59. The van der Waals surface area contributed by atoms with Crippen molar-refractivity contribution in [2.45, 2.75) is 24.9 Å². The van der Waals surface area contributed by atoms with Gasteiger partial charge in [0.15, 0.2) is 0 Å². The quantitative estimate of drug-likeness (QED) is 0.289. The molecule has 1 aliphatic heterocycles. The maximum absolute atomic E-state index is 12.9. The smallest absolute Gasteiger partial charge is 0.261 e. The standard InChI is InChI=1S/C19H22N6O3/c1-5-6-7-8-21-18(27)14-15(23-17(26)12(2)9-20)19(28)25(4)16(14)13-10-22-24(3)11-13/h1,10-11,14-16H,2,6-8H2,3-4H3,(H,21,27)(H,23,26). The van der Waals surface area contributed by atoms with Crippen molar-refractivity contribution in [2.75, 3.05) is 13.6 Å². The van der Waals surface area contributed by atoms with E-state index < -0.39 is 35.7 Å². The Labute approximate surface area is 163 Å². The Morgan fingerprint density at radius 1 is 1.43 bits per heavy atom. The van der Waals surface area contributed by atoms with Crippen LogP contribution in [0.5, 0.6) is 0 Å². The molecule has 1 fully saturated rings. The van der Waals surface area contributed by atoms with Crippen LogP contribution in [0.4, 0.5) is 0 Å². The minimum atomic E-state index is -1.12. The minimum Gasteiger partial charge on any atom is -0.356 e. The zero-order chi connectivity index (χ0) is 20.8. The maximum atomic E-state index is 12.9. The number of nitrogens with one attached hydrogen (secondary N) is 2. The number of likely N-dealkylation sites (N-methyl/N-ethyl adjacent to an activating group) is 1. The first-order chi connectivity index (χ1) is 13.3. The van der Waals surface area contributed by atoms with Crippen molar-refractivity contribution in [3.63, 3.8) is 0 Å². The molecule has 3 amide bonds. The lowest BCUT2D eigenvalue weighted by Gasteiger charge is -2.24. The first-order valence-corrected chi connectivity index (χ1v) is 8.68. The van der Waals surface area contributed by atoms with Gasteiger partial charge >= 0.3 is 0 Å². The summed E-state index contributed by atoms with van der Waals surface area (Å²) in [6, 6.07) is -0.102. The number of carbonyl (C=O) groups excluding carboxylic acids is 3. The molecule has 0 aliphatic carbocycles. The summed E-state index contributed by atoms with van der Waals surface area (Å²) in [5, 5.41) is 18.2. The van der Waals surface area contributed by atoms with Gasteiger partial charge in [0, 0.05) is 38.8 Å². The van der Waals surface area contributed by atoms with Crippen LogP contribution in [0.15, 0.2) is 24.5 Å². The highest BCUT2D eigenvalue weighted by Gasteiger charge is 2.51. The lowest BCUT2D eigenvalue weighted by Crippen LogP contribution is -2.48. The van der Waals surface area contributed by atoms with Gasteiger partial charge in [-0.05, 0) is 6.42 Å². The van der Waals surface area contributed by atoms with E-state index in [1.807, 2.05) is 0 Å². The molecule has 0 spiro atoms. The summed E-state index contributed by atoms with van der Waals surface area (Å²) < 4.78 is 1.57. The van der Waals surface area contributed by atoms with E-state index in [1.165, 1.54) is 4.90 Å². The van der Waals surface area contributed by atoms with Crippen LogP contribution in [0.1, 0.15) is 24.4 Å². The fourth-order valence-electron chi connectivity index (χ4n) is 3.20. The zero-order valence-corrected chi connectivity index (χ0v) is 15.8. The van der Waals surface area contributed by atoms with Crippen molar-refractivity contribution in [1.82, 2.24) is 25.3 Å². The lowest BCUT2D eigenvalue weighted by atomic mass is 9.91. The number of rotatable bonds is 7. The van der Waals surface area contributed by atoms with Gasteiger partial charge < -0.3 is 15.5 Å². The molecule has 1 saturated heterocycles. The minimum absolute atomic E-state index is 0.339. The van der Waals surface area contributed by atoms with Gasteiger partial charge in [-0.3, -0.25) is 19.1 Å². The number of nitriles is 1. The molecule has 2 heterocycles. The van der Waals surface area contributed by atoms with Crippen LogP contribution >= 0.6 is 0 Å². The van der Waals surface area contributed by atoms with Crippen LogP contribution in [0.25, 0.3) is 0 Å². The monoisotopic (exact) mass is 382 g/mol. The molecular weight excluding hydrogens is 360 g/mol. The van der Waals surface area contributed by atoms with Crippen LogP contribution in [0.2, 0.25) is 0 Å². The molecule has 0 bridgehead atoms. The normalized spacial score (nSPS) is 20.9. The molecule has 9 nitrogen and oxygen atoms in total. The second-order valence-corrected chi connectivity index (χ2v) is 6.51. The fourth-order valence-corrected chi connectivity index (χ4v) is 3.20. The predicted octanol–water partition coefficient (Wildman–Crippen LogP) is -0.356. The third-order valence-corrected chi connectivity index (χ3v) is 4.59. The summed E-state index contributed by atoms with van der Waals surface area (Å²) >= 11 is 0. The Kier molecular flexibility index (Phi) is 6.56. The molecule has 0 radical (unpaired) electrons. The molecule has 1 aromatic rings. The third kappa shape index (κ3) is 4.21. The van der Waals surface area contributed by atoms with Gasteiger partial charge in [0.2, 0.25) is 11.8 Å². The number of hydrogen-bond donors (Lipinski definition) is 2. The topological polar surface area (TPSA) is 120 Å². The predicted molar refractivity (Wildman–Crippen MR) is 100.0 cm³/mol. The van der Waals surface area contributed by atoms with Gasteiger partial charge in [-0.25, -0.2) is 0 Å². The zero-order valence-electron chi connectivity index (χ0n) is 15.8. The van der Waals surface area contributed by atoms with Crippen molar-refractivity contribution in [3.05, 3.63) is 30.1 Å². The molecule has 9 heteroatoms. The first-order valence-electron chi connectivity index (χ1n) is 8.68. The lowest BCUT2D eigenvalue weighted by molar-refractivity contribution is -0.133. The summed E-state index contributed by atoms with van der Waals surface area (Å²) in [6.45, 7) is 3.70. The molecule has 3 atom stereocenters. The molecule has 1 aromatic heterocycles. The van der Waals surface area contributed by atoms with Crippen molar-refractivity contribution >= 4 is 17.7 Å². The van der Waals surface area contributed by atoms with E-state index in [0.29, 0.717) is 24.9 Å². The average Bonchev–Trinajstić information content (AvgIpc) is 3.20. The van der Waals surface area contributed by atoms with E-state index in [-0.39, 0.29) is 5.57 Å². The summed E-state index contributed by atoms with van der Waals surface area (Å²) in [4.78, 5) is 39.2. The van der Waals surface area contributed by atoms with Crippen molar-refractivity contribution in [1.29, 1.82) is 5.26 Å². The van der Waals surface area contributed by atoms with E-state index in [0.717, 1.165) is 0 Å². The number of nitrogens with zero attached hydrogens (tertiary/aromatic N) is 4. The highest BCUT2D eigenvalue weighted by molar-refractivity contribution is 6.02. The Balaban J connectivity index is 2.33. The van der Waals surface area contributed by atoms with Crippen LogP contribution in [0.3, 0.4) is 0 Å². The maximum Gasteiger partial charge on any atom is 0.261 e. The molecule has 0 saturated carbocycles. The largest absolute Gasteiger partial charge is 0.356 e. The van der Waals surface area contributed by atoms with E-state index in [2.05, 4.69) is 28.2 Å². The van der Waals surface area contributed by atoms with E-state index in [1.54, 1.807) is 37.2 Å². The molecule has 2 N–H and O–H groups in total. The Bertz CT molecular complexity index is 875. The number of amides is 3. The molecule has 146 valence electrons. The summed E-state index contributed by atoms with van der Waals surface area (Å²) in [7, 11) is 3.29. The van der Waals surface area contributed by atoms with Gasteiger partial charge in [0.25, 0.3) is 5.91 Å². The number of likely N-dealkylation sites (tertiary alicyclic amines) is 1. The SMILES string of the molecule is C#CCCCNC(=O)C1C(NC(=O)C(=C)C#N)C(=O)N(C)C1c1cnn(C)c1. The Morgan fingerprint density at radius 2 is 2.14 bits per heavy atom. The molecule has 1 aliphatic rings. The number of hydrogen-bond acceptors (Lipinski definition) is 5. The summed E-state index contributed by atoms with van der Waals surface area (Å²) in [5.41, 5.74) is 0.325. The van der Waals surface area contributed by atoms with E-state index in [9.17, 15) is 14.4 Å². The van der Waals surface area contributed by atoms with Crippen molar-refractivity contribution in [3.8, 4) is 18.4 Å². The van der Waals surface area contributed by atoms with Crippen LogP contribution in [-0.2, 0) is 21.4 Å². The number of terminal acetylenes is 1. The van der Waals surface area contributed by atoms with Gasteiger partial charge in [-0.15, -0.1) is 12.3 Å². The number of aryl methyl sites for hydroxylation is 1. The number of unbranched alkanes of at least 4 members (excludes halogenated alkanes) is 1. The van der Waals surface area contributed by atoms with Gasteiger partial charge in [0.05, 0.1) is 18.2 Å². The van der Waals surface area contributed by atoms with E-state index >= 15 is 0 Å². The number of aromatic nitrogens is 2. The fraction of sp³-hybridized carbons (Fsp3) is 0.421. The first kappa shape index (κ1) is 20.7. The van der Waals surface area contributed by atoms with E-state index in [4.69, 9.17) is 11.7 Å². The van der Waals surface area contributed by atoms with Gasteiger partial charge in [0.1, 0.15) is 17.7 Å². The second-order valence-electron chi connectivity index (χ2n) is 6.51. The Morgan fingerprint density at radius 3 is 2.71 bits per heavy atom. The molecule has 28 heavy (non-hydrogen) atoms. The summed E-state index contributed by atoms with van der Waals surface area (Å²) in [6.07, 6.45) is 9.61.